The van der Waals surface area contributed by atoms with Crippen LogP contribution in [-0.4, -0.2) is 12.1 Å². The Hall–Kier alpha value is -0.570. The van der Waals surface area contributed by atoms with Gasteiger partial charge in [-0.05, 0) is 18.2 Å². The lowest BCUT2D eigenvalue weighted by atomic mass is 10.1. The van der Waals surface area contributed by atoms with Crippen molar-refractivity contribution in [2.24, 2.45) is 0 Å². The van der Waals surface area contributed by atoms with Crippen LogP contribution >= 0.6 is 12.4 Å². The second kappa shape index (κ2) is 3.90. The minimum absolute atomic E-state index is 0. The second-order valence-electron chi connectivity index (χ2n) is 2.85. The van der Waals surface area contributed by atoms with Gasteiger partial charge in [0, 0.05) is 13.1 Å². The zero-order valence-electron chi connectivity index (χ0n) is 7.08. The SMILES string of the molecule is CNN1Cc2ccccc2C1.Cl. The van der Waals surface area contributed by atoms with Gasteiger partial charge in [0.05, 0.1) is 0 Å². The molecule has 0 aromatic heterocycles. The number of hydrazine groups is 1. The molecule has 1 aliphatic heterocycles. The molecule has 0 unspecified atom stereocenters. The predicted octanol–water partition coefficient (Wildman–Crippen LogP) is 1.56. The standard InChI is InChI=1S/C9H12N2.ClH/c1-10-11-6-8-4-2-3-5-9(8)7-11;/h2-5,10H,6-7H2,1H3;1H. The fourth-order valence-electron chi connectivity index (χ4n) is 1.49. The van der Waals surface area contributed by atoms with Gasteiger partial charge in [-0.25, -0.2) is 5.01 Å². The molecule has 1 aromatic rings. The average Bonchev–Trinajstić information content (AvgIpc) is 2.46. The van der Waals surface area contributed by atoms with Crippen LogP contribution in [0, 0.1) is 0 Å². The molecule has 0 atom stereocenters. The van der Waals surface area contributed by atoms with Crippen molar-refractivity contribution in [2.45, 2.75) is 13.1 Å². The summed E-state index contributed by atoms with van der Waals surface area (Å²) in [6.45, 7) is 2.07. The first kappa shape index (κ1) is 9.52. The summed E-state index contributed by atoms with van der Waals surface area (Å²) < 4.78 is 0. The molecular formula is C9H13ClN2. The molecule has 0 radical (unpaired) electrons. The van der Waals surface area contributed by atoms with Crippen molar-refractivity contribution < 1.29 is 0 Å². The Morgan fingerprint density at radius 2 is 1.67 bits per heavy atom. The number of rotatable bonds is 1. The van der Waals surface area contributed by atoms with E-state index in [0.717, 1.165) is 13.1 Å². The minimum atomic E-state index is 0. The quantitative estimate of drug-likeness (QED) is 0.713. The van der Waals surface area contributed by atoms with Gasteiger partial charge in [0.1, 0.15) is 0 Å². The van der Waals surface area contributed by atoms with E-state index in [2.05, 4.69) is 34.7 Å². The van der Waals surface area contributed by atoms with Crippen LogP contribution in [0.2, 0.25) is 0 Å². The fraction of sp³-hybridized carbons (Fsp3) is 0.333. The smallest absolute Gasteiger partial charge is 0.0388 e. The minimum Gasteiger partial charge on any atom is -0.258 e. The van der Waals surface area contributed by atoms with Gasteiger partial charge in [-0.2, -0.15) is 0 Å². The summed E-state index contributed by atoms with van der Waals surface area (Å²) in [5.41, 5.74) is 6.04. The number of nitrogens with zero attached hydrogens (tertiary/aromatic N) is 1. The molecule has 1 N–H and O–H groups in total. The monoisotopic (exact) mass is 184 g/mol. The molecule has 0 bridgehead atoms. The maximum Gasteiger partial charge on any atom is 0.0388 e. The molecule has 0 aliphatic carbocycles. The second-order valence-corrected chi connectivity index (χ2v) is 2.85. The summed E-state index contributed by atoms with van der Waals surface area (Å²) in [7, 11) is 1.96. The predicted molar refractivity (Wildman–Crippen MR) is 52.0 cm³/mol. The van der Waals surface area contributed by atoms with Gasteiger partial charge in [-0.1, -0.05) is 24.3 Å². The summed E-state index contributed by atoms with van der Waals surface area (Å²) in [5.74, 6) is 0. The molecule has 0 fully saturated rings. The molecule has 0 amide bonds. The zero-order valence-corrected chi connectivity index (χ0v) is 7.90. The van der Waals surface area contributed by atoms with Gasteiger partial charge in [0.15, 0.2) is 0 Å². The third kappa shape index (κ3) is 1.61. The lowest BCUT2D eigenvalue weighted by Crippen LogP contribution is -2.29. The number of benzene rings is 1. The van der Waals surface area contributed by atoms with Crippen LogP contribution in [0.3, 0.4) is 0 Å². The zero-order chi connectivity index (χ0) is 7.68. The molecule has 1 heterocycles. The molecule has 2 nitrogen and oxygen atoms in total. The fourth-order valence-corrected chi connectivity index (χ4v) is 1.49. The van der Waals surface area contributed by atoms with Gasteiger partial charge >= 0.3 is 0 Å². The number of nitrogens with one attached hydrogen (secondary N) is 1. The molecule has 0 saturated carbocycles. The molecule has 1 aromatic carbocycles. The summed E-state index contributed by atoms with van der Waals surface area (Å²) in [6, 6.07) is 8.56. The van der Waals surface area contributed by atoms with Crippen molar-refractivity contribution in [1.29, 1.82) is 0 Å². The molecule has 12 heavy (non-hydrogen) atoms. The van der Waals surface area contributed by atoms with E-state index in [-0.39, 0.29) is 12.4 Å². The first-order chi connectivity index (χ1) is 5.40. The number of halogens is 1. The van der Waals surface area contributed by atoms with E-state index in [1.807, 2.05) is 7.05 Å². The Morgan fingerprint density at radius 1 is 1.17 bits per heavy atom. The van der Waals surface area contributed by atoms with E-state index in [1.54, 1.807) is 0 Å². The number of hydrogen-bond donors (Lipinski definition) is 1. The van der Waals surface area contributed by atoms with Crippen LogP contribution in [0.15, 0.2) is 24.3 Å². The maximum atomic E-state index is 3.14. The normalized spacial score (nSPS) is 15.4. The Morgan fingerprint density at radius 3 is 2.08 bits per heavy atom. The number of fused-ring (bicyclic) bond motifs is 1. The maximum absolute atomic E-state index is 3.14. The van der Waals surface area contributed by atoms with Crippen LogP contribution in [0.5, 0.6) is 0 Å². The third-order valence-electron chi connectivity index (χ3n) is 2.16. The Bertz CT molecular complexity index is 237. The van der Waals surface area contributed by atoms with Gasteiger partial charge in [-0.15, -0.1) is 12.4 Å². The highest BCUT2D eigenvalue weighted by Gasteiger charge is 2.15. The highest BCUT2D eigenvalue weighted by molar-refractivity contribution is 5.85. The van der Waals surface area contributed by atoms with E-state index in [9.17, 15) is 0 Å². The van der Waals surface area contributed by atoms with Crippen molar-refractivity contribution in [3.8, 4) is 0 Å². The van der Waals surface area contributed by atoms with Crippen molar-refractivity contribution in [3.63, 3.8) is 0 Å². The van der Waals surface area contributed by atoms with Gasteiger partial charge in [0.25, 0.3) is 0 Å². The van der Waals surface area contributed by atoms with Crippen molar-refractivity contribution in [3.05, 3.63) is 35.4 Å². The highest BCUT2D eigenvalue weighted by Crippen LogP contribution is 2.19. The topological polar surface area (TPSA) is 15.3 Å². The largest absolute Gasteiger partial charge is 0.258 e. The molecule has 3 heteroatoms. The van der Waals surface area contributed by atoms with Crippen molar-refractivity contribution >= 4 is 12.4 Å². The van der Waals surface area contributed by atoms with E-state index in [1.165, 1.54) is 11.1 Å². The van der Waals surface area contributed by atoms with E-state index >= 15 is 0 Å². The van der Waals surface area contributed by atoms with Crippen LogP contribution < -0.4 is 5.43 Å². The molecule has 2 rings (SSSR count). The number of hydrogen-bond acceptors (Lipinski definition) is 2. The van der Waals surface area contributed by atoms with Crippen LogP contribution in [-0.2, 0) is 13.1 Å². The third-order valence-corrected chi connectivity index (χ3v) is 2.16. The van der Waals surface area contributed by atoms with E-state index in [4.69, 9.17) is 0 Å². The lowest BCUT2D eigenvalue weighted by Gasteiger charge is -2.11. The lowest BCUT2D eigenvalue weighted by molar-refractivity contribution is 0.212. The Kier molecular flexibility index (Phi) is 3.09. The van der Waals surface area contributed by atoms with Crippen LogP contribution in [0.4, 0.5) is 0 Å². The molecule has 66 valence electrons. The van der Waals surface area contributed by atoms with Crippen LogP contribution in [0.25, 0.3) is 0 Å². The Labute approximate surface area is 79.0 Å². The van der Waals surface area contributed by atoms with E-state index < -0.39 is 0 Å². The molecule has 0 spiro atoms. The van der Waals surface area contributed by atoms with Crippen LogP contribution in [0.1, 0.15) is 11.1 Å². The van der Waals surface area contributed by atoms with Gasteiger partial charge < -0.3 is 0 Å². The summed E-state index contributed by atoms with van der Waals surface area (Å²) in [5, 5.41) is 2.20. The highest BCUT2D eigenvalue weighted by atomic mass is 35.5. The molecule has 1 aliphatic rings. The average molecular weight is 185 g/mol. The van der Waals surface area contributed by atoms with Gasteiger partial charge in [0.2, 0.25) is 0 Å². The van der Waals surface area contributed by atoms with Crippen molar-refractivity contribution in [1.82, 2.24) is 10.4 Å². The first-order valence-electron chi connectivity index (χ1n) is 3.89. The van der Waals surface area contributed by atoms with Crippen molar-refractivity contribution in [2.75, 3.05) is 7.05 Å². The first-order valence-corrected chi connectivity index (χ1v) is 3.89. The van der Waals surface area contributed by atoms with E-state index in [0.29, 0.717) is 0 Å². The summed E-state index contributed by atoms with van der Waals surface area (Å²) in [6.07, 6.45) is 0. The summed E-state index contributed by atoms with van der Waals surface area (Å²) >= 11 is 0. The Balaban J connectivity index is 0.000000720. The summed E-state index contributed by atoms with van der Waals surface area (Å²) in [4.78, 5) is 0. The molecular weight excluding hydrogens is 172 g/mol. The van der Waals surface area contributed by atoms with Gasteiger partial charge in [-0.3, -0.25) is 5.43 Å². The molecule has 0 saturated heterocycles.